The van der Waals surface area contributed by atoms with Crippen molar-refractivity contribution in [3.63, 3.8) is 0 Å². The number of hydrogen-bond acceptors (Lipinski definition) is 8. The van der Waals surface area contributed by atoms with E-state index in [9.17, 15) is 24.3 Å². The van der Waals surface area contributed by atoms with E-state index in [1.165, 1.54) is 30.7 Å². The number of aliphatic hydroxyl groups is 1. The highest BCUT2D eigenvalue weighted by Crippen LogP contribution is 2.35. The second kappa shape index (κ2) is 11.2. The van der Waals surface area contributed by atoms with Crippen LogP contribution in [0.4, 0.5) is 0 Å². The van der Waals surface area contributed by atoms with Crippen LogP contribution < -0.4 is 5.32 Å². The Morgan fingerprint density at radius 3 is 2.48 bits per heavy atom. The molecule has 2 rings (SSSR count). The van der Waals surface area contributed by atoms with Crippen LogP contribution in [0.1, 0.15) is 36.1 Å². The summed E-state index contributed by atoms with van der Waals surface area (Å²) in [5, 5.41) is 12.0. The molecule has 4 atom stereocenters. The summed E-state index contributed by atoms with van der Waals surface area (Å²) in [6.07, 6.45) is -2.23. The highest BCUT2D eigenvalue weighted by Gasteiger charge is 2.50. The maximum Gasteiger partial charge on any atom is 0.303 e. The number of nitrogens with zero attached hydrogens (tertiary/aromatic N) is 1. The summed E-state index contributed by atoms with van der Waals surface area (Å²) >= 11 is 10.8. The third kappa shape index (κ3) is 6.45. The maximum atomic E-state index is 11.6. The number of halogens is 2. The molecule has 1 saturated heterocycles. The first-order valence-corrected chi connectivity index (χ1v) is 9.87. The van der Waals surface area contributed by atoms with Crippen LogP contribution in [0.2, 0.25) is 0 Å². The first kappa shape index (κ1) is 24.7. The number of esters is 2. The Morgan fingerprint density at radius 2 is 1.94 bits per heavy atom. The standard InChI is InChI=1S/C19H20Cl2N2O8/c1-10(26)29-15-14(9-25)31-19(16(15)30-11(2)27)23-7-12(6-13(23)8-24)4-3-5-22-18(28)17(20)21/h6-8,14-17,19,25H,5,9H2,1-2H3,(H,22,28)/t14-,15-,16-,19-/m1/s1. The quantitative estimate of drug-likeness (QED) is 0.250. The molecule has 0 unspecified atom stereocenters. The van der Waals surface area contributed by atoms with E-state index in [4.69, 9.17) is 37.4 Å². The predicted octanol–water partition coefficient (Wildman–Crippen LogP) is 0.325. The number of rotatable bonds is 7. The number of carbonyl (C=O) groups excluding carboxylic acids is 4. The lowest BCUT2D eigenvalue weighted by molar-refractivity contribution is -0.165. The van der Waals surface area contributed by atoms with Gasteiger partial charge in [-0.1, -0.05) is 35.0 Å². The van der Waals surface area contributed by atoms with Crippen molar-refractivity contribution in [3.05, 3.63) is 23.5 Å². The Bertz CT molecular complexity index is 904. The fourth-order valence-corrected chi connectivity index (χ4v) is 3.12. The first-order chi connectivity index (χ1) is 14.7. The number of alkyl halides is 2. The molecule has 1 amide bonds. The molecule has 0 spiro atoms. The highest BCUT2D eigenvalue weighted by atomic mass is 35.5. The molecule has 1 aromatic rings. The minimum absolute atomic E-state index is 0.0342. The van der Waals surface area contributed by atoms with Gasteiger partial charge < -0.3 is 29.2 Å². The lowest BCUT2D eigenvalue weighted by atomic mass is 10.1. The second-order valence-electron chi connectivity index (χ2n) is 6.39. The van der Waals surface area contributed by atoms with Gasteiger partial charge in [0.2, 0.25) is 0 Å². The van der Waals surface area contributed by atoms with Gasteiger partial charge in [-0.2, -0.15) is 0 Å². The molecule has 0 saturated carbocycles. The van der Waals surface area contributed by atoms with Gasteiger partial charge in [0.1, 0.15) is 6.10 Å². The summed E-state index contributed by atoms with van der Waals surface area (Å²) in [6, 6.07) is 1.45. The average molecular weight is 475 g/mol. The Balaban J connectivity index is 2.30. The lowest BCUT2D eigenvalue weighted by Crippen LogP contribution is -2.40. The summed E-state index contributed by atoms with van der Waals surface area (Å²) in [7, 11) is 0. The number of hydrogen-bond donors (Lipinski definition) is 2. The van der Waals surface area contributed by atoms with Crippen molar-refractivity contribution >= 4 is 47.3 Å². The van der Waals surface area contributed by atoms with Crippen LogP contribution in [-0.2, 0) is 28.6 Å². The van der Waals surface area contributed by atoms with Crippen molar-refractivity contribution in [2.75, 3.05) is 13.2 Å². The summed E-state index contributed by atoms with van der Waals surface area (Å²) in [6.45, 7) is 1.79. The zero-order valence-electron chi connectivity index (χ0n) is 16.5. The van der Waals surface area contributed by atoms with Crippen LogP contribution in [0, 0.1) is 11.8 Å². The molecule has 168 valence electrons. The number of nitrogens with one attached hydrogen (secondary N) is 1. The van der Waals surface area contributed by atoms with Gasteiger partial charge in [0.25, 0.3) is 5.91 Å². The second-order valence-corrected chi connectivity index (χ2v) is 7.49. The molecule has 31 heavy (non-hydrogen) atoms. The Kier molecular flexibility index (Phi) is 8.88. The molecule has 0 aromatic carbocycles. The molecule has 2 heterocycles. The molecule has 0 radical (unpaired) electrons. The van der Waals surface area contributed by atoms with Crippen LogP contribution in [-0.4, -0.2) is 70.1 Å². The number of aldehydes is 1. The van der Waals surface area contributed by atoms with Crippen molar-refractivity contribution in [1.82, 2.24) is 9.88 Å². The fraction of sp³-hybridized carbons (Fsp3) is 0.474. The minimum atomic E-state index is -1.22. The molecular weight excluding hydrogens is 455 g/mol. The van der Waals surface area contributed by atoms with Crippen LogP contribution >= 0.6 is 23.2 Å². The van der Waals surface area contributed by atoms with E-state index in [0.29, 0.717) is 11.8 Å². The highest BCUT2D eigenvalue weighted by molar-refractivity contribution is 6.53. The smallest absolute Gasteiger partial charge is 0.303 e. The van der Waals surface area contributed by atoms with E-state index in [1.807, 2.05) is 0 Å². The van der Waals surface area contributed by atoms with E-state index >= 15 is 0 Å². The third-order valence-corrected chi connectivity index (χ3v) is 4.52. The number of aliphatic hydroxyl groups excluding tert-OH is 1. The molecule has 1 aliphatic rings. The van der Waals surface area contributed by atoms with Gasteiger partial charge in [0.15, 0.2) is 29.6 Å². The molecule has 1 aromatic heterocycles. The maximum absolute atomic E-state index is 11.6. The van der Waals surface area contributed by atoms with E-state index in [1.54, 1.807) is 0 Å². The molecular formula is C19H20Cl2N2O8. The van der Waals surface area contributed by atoms with Crippen molar-refractivity contribution < 1.29 is 38.5 Å². The van der Waals surface area contributed by atoms with E-state index < -0.39 is 53.8 Å². The fourth-order valence-electron chi connectivity index (χ4n) is 2.96. The van der Waals surface area contributed by atoms with Gasteiger partial charge in [-0.3, -0.25) is 19.2 Å². The van der Waals surface area contributed by atoms with Gasteiger partial charge in [-0.25, -0.2) is 0 Å². The number of ether oxygens (including phenoxy) is 3. The van der Waals surface area contributed by atoms with Crippen molar-refractivity contribution in [2.45, 2.75) is 43.2 Å². The Hall–Kier alpha value is -2.58. The minimum Gasteiger partial charge on any atom is -0.456 e. The van der Waals surface area contributed by atoms with Crippen LogP contribution in [0.5, 0.6) is 0 Å². The Labute approximate surface area is 187 Å². The normalized spacial score (nSPS) is 22.4. The molecule has 0 bridgehead atoms. The van der Waals surface area contributed by atoms with Gasteiger partial charge in [-0.15, -0.1) is 0 Å². The molecule has 1 aliphatic heterocycles. The van der Waals surface area contributed by atoms with E-state index in [2.05, 4.69) is 17.2 Å². The average Bonchev–Trinajstić information content (AvgIpc) is 3.25. The van der Waals surface area contributed by atoms with E-state index in [0.717, 1.165) is 0 Å². The number of carbonyl (C=O) groups is 4. The molecule has 1 fully saturated rings. The zero-order chi connectivity index (χ0) is 23.1. The van der Waals surface area contributed by atoms with Crippen LogP contribution in [0.25, 0.3) is 0 Å². The topological polar surface area (TPSA) is 133 Å². The van der Waals surface area contributed by atoms with Crippen molar-refractivity contribution in [2.24, 2.45) is 0 Å². The van der Waals surface area contributed by atoms with Gasteiger partial charge >= 0.3 is 11.9 Å². The monoisotopic (exact) mass is 474 g/mol. The van der Waals surface area contributed by atoms with Crippen molar-refractivity contribution in [3.8, 4) is 11.8 Å². The van der Waals surface area contributed by atoms with Gasteiger partial charge in [0, 0.05) is 25.6 Å². The third-order valence-electron chi connectivity index (χ3n) is 4.13. The van der Waals surface area contributed by atoms with E-state index in [-0.39, 0.29) is 12.2 Å². The SMILES string of the molecule is CC(=O)O[C@@H]1[C@H](OC(C)=O)[C@@H](CO)O[C@H]1n1cc(C#CCNC(=O)C(Cl)Cl)cc1C=O. The van der Waals surface area contributed by atoms with Gasteiger partial charge in [0.05, 0.1) is 18.8 Å². The zero-order valence-corrected chi connectivity index (χ0v) is 18.1. The van der Waals surface area contributed by atoms with Crippen LogP contribution in [0.15, 0.2) is 12.3 Å². The summed E-state index contributed by atoms with van der Waals surface area (Å²) in [4.78, 5) is 44.8. The largest absolute Gasteiger partial charge is 0.456 e. The number of amides is 1. The van der Waals surface area contributed by atoms with Gasteiger partial charge in [-0.05, 0) is 6.07 Å². The lowest BCUT2D eigenvalue weighted by Gasteiger charge is -2.24. The van der Waals surface area contributed by atoms with Crippen LogP contribution in [0.3, 0.4) is 0 Å². The predicted molar refractivity (Wildman–Crippen MR) is 107 cm³/mol. The number of aromatic nitrogens is 1. The van der Waals surface area contributed by atoms with Crippen molar-refractivity contribution in [1.29, 1.82) is 0 Å². The Morgan fingerprint density at radius 1 is 1.29 bits per heavy atom. The molecule has 10 nitrogen and oxygen atoms in total. The molecule has 12 heteroatoms. The summed E-state index contributed by atoms with van der Waals surface area (Å²) < 4.78 is 17.6. The molecule has 0 aliphatic carbocycles. The first-order valence-electron chi connectivity index (χ1n) is 9.00. The summed E-state index contributed by atoms with van der Waals surface area (Å²) in [5.74, 6) is 3.51. The molecule has 2 N–H and O–H groups in total. The summed E-state index contributed by atoms with van der Waals surface area (Å²) in [5.41, 5.74) is 0.531.